The van der Waals surface area contributed by atoms with E-state index in [1.54, 1.807) is 12.1 Å². The second-order valence-electron chi connectivity index (χ2n) is 9.55. The second kappa shape index (κ2) is 7.43. The van der Waals surface area contributed by atoms with Gasteiger partial charge in [0.15, 0.2) is 12.2 Å². The minimum Gasteiger partial charge on any atom is -0.506 e. The summed E-state index contributed by atoms with van der Waals surface area (Å²) in [5, 5.41) is 12.4. The van der Waals surface area contributed by atoms with E-state index in [4.69, 9.17) is 14.2 Å². The van der Waals surface area contributed by atoms with Crippen LogP contribution in [0.5, 0.6) is 11.5 Å². The lowest BCUT2D eigenvalue weighted by molar-refractivity contribution is -0.141. The number of aromatic hydroxyl groups is 1. The van der Waals surface area contributed by atoms with Gasteiger partial charge >= 0.3 is 11.9 Å². The number of carbonyl (C=O) groups excluding carboxylic acids is 2. The van der Waals surface area contributed by atoms with Gasteiger partial charge < -0.3 is 19.3 Å². The highest BCUT2D eigenvalue weighted by molar-refractivity contribution is 6.06. The molecule has 0 amide bonds. The summed E-state index contributed by atoms with van der Waals surface area (Å²) in [6, 6.07) is 7.24. The molecule has 2 fully saturated rings. The Kier molecular flexibility index (Phi) is 4.83. The maximum Gasteiger partial charge on any atom is 0.342 e. The first-order valence-electron chi connectivity index (χ1n) is 11.2. The summed E-state index contributed by atoms with van der Waals surface area (Å²) in [6.07, 6.45) is 1.68. The fourth-order valence-corrected chi connectivity index (χ4v) is 5.50. The number of rotatable bonds is 3. The van der Waals surface area contributed by atoms with Crippen molar-refractivity contribution in [3.8, 4) is 11.5 Å². The van der Waals surface area contributed by atoms with Gasteiger partial charge in [-0.1, -0.05) is 51.5 Å². The zero-order valence-electron chi connectivity index (χ0n) is 18.1. The van der Waals surface area contributed by atoms with Crippen molar-refractivity contribution in [2.75, 3.05) is 0 Å². The lowest BCUT2D eigenvalue weighted by atomic mass is 9.75. The maximum absolute atomic E-state index is 13.5. The lowest BCUT2D eigenvalue weighted by Crippen LogP contribution is -2.36. The van der Waals surface area contributed by atoms with E-state index in [1.165, 1.54) is 0 Å². The normalized spacial score (nSPS) is 29.4. The molecular weight excluding hydrogens is 396 g/mol. The Hall–Kier alpha value is -2.76. The first-order valence-corrected chi connectivity index (χ1v) is 11.2. The van der Waals surface area contributed by atoms with Gasteiger partial charge in [-0.15, -0.1) is 0 Å². The molecule has 0 aromatic heterocycles. The van der Waals surface area contributed by atoms with Crippen molar-refractivity contribution < 1.29 is 28.9 Å². The molecule has 0 bridgehead atoms. The molecule has 6 nitrogen and oxygen atoms in total. The fourth-order valence-electron chi connectivity index (χ4n) is 5.50. The number of hydrogen-bond acceptors (Lipinski definition) is 6. The van der Waals surface area contributed by atoms with E-state index in [0.717, 1.165) is 19.3 Å². The molecule has 2 heterocycles. The number of ether oxygens (including phenoxy) is 3. The molecule has 0 spiro atoms. The van der Waals surface area contributed by atoms with Crippen LogP contribution in [0.1, 0.15) is 68.5 Å². The largest absolute Gasteiger partial charge is 0.506 e. The van der Waals surface area contributed by atoms with Crippen LogP contribution in [0.2, 0.25) is 0 Å². The molecule has 2 aromatic carbocycles. The number of carbonyl (C=O) groups is 2. The van der Waals surface area contributed by atoms with Gasteiger partial charge in [-0.05, 0) is 30.6 Å². The van der Waals surface area contributed by atoms with Crippen LogP contribution in [-0.2, 0) is 14.3 Å². The minimum atomic E-state index is -0.702. The van der Waals surface area contributed by atoms with E-state index in [1.807, 2.05) is 12.1 Å². The third-order valence-electron chi connectivity index (χ3n) is 7.12. The molecule has 5 atom stereocenters. The number of hydrogen-bond donors (Lipinski definition) is 1. The van der Waals surface area contributed by atoms with E-state index in [-0.39, 0.29) is 35.7 Å². The molecule has 164 valence electrons. The van der Waals surface area contributed by atoms with Crippen molar-refractivity contribution >= 4 is 22.7 Å². The zero-order valence-corrected chi connectivity index (χ0v) is 18.1. The average Bonchev–Trinajstić information content (AvgIpc) is 3.25. The topological polar surface area (TPSA) is 82.1 Å². The predicted molar refractivity (Wildman–Crippen MR) is 114 cm³/mol. The van der Waals surface area contributed by atoms with Gasteiger partial charge in [-0.25, -0.2) is 4.79 Å². The Balaban J connectivity index is 1.59. The third-order valence-corrected chi connectivity index (χ3v) is 7.12. The monoisotopic (exact) mass is 424 g/mol. The van der Waals surface area contributed by atoms with Crippen LogP contribution in [0.4, 0.5) is 0 Å². The summed E-state index contributed by atoms with van der Waals surface area (Å²) < 4.78 is 17.6. The van der Waals surface area contributed by atoms with Crippen LogP contribution in [0.15, 0.2) is 24.3 Å². The smallest absolute Gasteiger partial charge is 0.342 e. The van der Waals surface area contributed by atoms with Gasteiger partial charge in [0.2, 0.25) is 0 Å². The van der Waals surface area contributed by atoms with E-state index >= 15 is 0 Å². The highest BCUT2D eigenvalue weighted by atomic mass is 16.6. The number of phenolic OH excluding ortho intramolecular Hbond substituents is 1. The number of phenols is 1. The molecule has 1 aliphatic carbocycles. The van der Waals surface area contributed by atoms with E-state index in [0.29, 0.717) is 33.9 Å². The van der Waals surface area contributed by atoms with Crippen molar-refractivity contribution in [1.82, 2.24) is 0 Å². The van der Waals surface area contributed by atoms with Gasteiger partial charge in [0.25, 0.3) is 0 Å². The highest BCUT2D eigenvalue weighted by Crippen LogP contribution is 2.52. The predicted octanol–water partition coefficient (Wildman–Crippen LogP) is 4.91. The first-order chi connectivity index (χ1) is 14.8. The summed E-state index contributed by atoms with van der Waals surface area (Å²) in [4.78, 5) is 25.4. The molecule has 1 saturated heterocycles. The Labute approximate surface area is 181 Å². The molecule has 2 aliphatic heterocycles. The SMILES string of the molecule is CC(C)[C@@H]1CC[C@@H](C)C[C@H]1OC(=O)c1c2c(c3ccccc3c1O)O[C@H]1CC(=O)O[C@@H]21. The van der Waals surface area contributed by atoms with Crippen LogP contribution in [0.25, 0.3) is 10.8 Å². The van der Waals surface area contributed by atoms with Gasteiger partial charge in [-0.3, -0.25) is 4.79 Å². The number of fused-ring (bicyclic) bond motifs is 5. The minimum absolute atomic E-state index is 0.0663. The summed E-state index contributed by atoms with van der Waals surface area (Å²) in [6.45, 7) is 6.49. The molecule has 31 heavy (non-hydrogen) atoms. The molecule has 2 aromatic rings. The summed E-state index contributed by atoms with van der Waals surface area (Å²) in [5.41, 5.74) is 0.499. The van der Waals surface area contributed by atoms with E-state index in [2.05, 4.69) is 20.8 Å². The third kappa shape index (κ3) is 3.24. The van der Waals surface area contributed by atoms with E-state index in [9.17, 15) is 14.7 Å². The van der Waals surface area contributed by atoms with Gasteiger partial charge in [-0.2, -0.15) is 0 Å². The summed E-state index contributed by atoms with van der Waals surface area (Å²) >= 11 is 0. The molecular formula is C25H28O6. The standard InChI is InChI=1S/C25H28O6/c1-12(2)14-9-8-13(3)10-17(14)30-25(28)20-21-23(29-18-11-19(26)31-24(18)21)16-7-5-4-6-15(16)22(20)27/h4-7,12-14,17-18,24,27H,8-11H2,1-3H3/t13-,14+,17-,18+,24-/m1/s1. The van der Waals surface area contributed by atoms with Crippen LogP contribution in [0, 0.1) is 17.8 Å². The van der Waals surface area contributed by atoms with Crippen LogP contribution < -0.4 is 4.74 Å². The van der Waals surface area contributed by atoms with Gasteiger partial charge in [0.05, 0.1) is 12.0 Å². The Morgan fingerprint density at radius 1 is 1.16 bits per heavy atom. The number of esters is 2. The van der Waals surface area contributed by atoms with Crippen molar-refractivity contribution in [1.29, 1.82) is 0 Å². The Bertz CT molecular complexity index is 1060. The van der Waals surface area contributed by atoms with Crippen molar-refractivity contribution in [2.45, 2.75) is 64.8 Å². The molecule has 1 N–H and O–H groups in total. The molecule has 0 unspecified atom stereocenters. The second-order valence-corrected chi connectivity index (χ2v) is 9.55. The van der Waals surface area contributed by atoms with Crippen LogP contribution in [-0.4, -0.2) is 29.3 Å². The number of benzene rings is 2. The maximum atomic E-state index is 13.5. The molecule has 0 radical (unpaired) electrons. The molecule has 3 aliphatic rings. The van der Waals surface area contributed by atoms with Crippen molar-refractivity contribution in [3.05, 3.63) is 35.4 Å². The van der Waals surface area contributed by atoms with Gasteiger partial charge in [0, 0.05) is 10.8 Å². The quantitative estimate of drug-likeness (QED) is 0.705. The van der Waals surface area contributed by atoms with Crippen LogP contribution in [0.3, 0.4) is 0 Å². The fraction of sp³-hybridized carbons (Fsp3) is 0.520. The Morgan fingerprint density at radius 2 is 1.90 bits per heavy atom. The lowest BCUT2D eigenvalue weighted by Gasteiger charge is -2.36. The van der Waals surface area contributed by atoms with Crippen LogP contribution >= 0.6 is 0 Å². The van der Waals surface area contributed by atoms with Crippen molar-refractivity contribution in [3.63, 3.8) is 0 Å². The molecule has 5 rings (SSSR count). The summed E-state index contributed by atoms with van der Waals surface area (Å²) in [7, 11) is 0. The van der Waals surface area contributed by atoms with Crippen molar-refractivity contribution in [2.24, 2.45) is 17.8 Å². The molecule has 1 saturated carbocycles. The average molecular weight is 424 g/mol. The first kappa shape index (κ1) is 20.2. The Morgan fingerprint density at radius 3 is 2.65 bits per heavy atom. The van der Waals surface area contributed by atoms with E-state index < -0.39 is 18.2 Å². The summed E-state index contributed by atoms with van der Waals surface area (Å²) in [5.74, 6) is 0.572. The molecule has 6 heteroatoms. The van der Waals surface area contributed by atoms with Gasteiger partial charge in [0.1, 0.15) is 23.2 Å². The highest BCUT2D eigenvalue weighted by Gasteiger charge is 2.49. The zero-order chi connectivity index (χ0) is 21.9.